The normalized spacial score (nSPS) is 12.1. The molecule has 1 unspecified atom stereocenters. The van der Waals surface area contributed by atoms with Crippen molar-refractivity contribution in [3.63, 3.8) is 0 Å². The minimum absolute atomic E-state index is 0.495. The molecule has 18 heavy (non-hydrogen) atoms. The van der Waals surface area contributed by atoms with E-state index < -0.39 is 5.92 Å². The van der Waals surface area contributed by atoms with Gasteiger partial charge >= 0.3 is 0 Å². The number of rotatable bonds is 4. The van der Waals surface area contributed by atoms with Gasteiger partial charge in [-0.25, -0.2) is 9.97 Å². The Morgan fingerprint density at radius 3 is 2.78 bits per heavy atom. The second kappa shape index (κ2) is 5.73. The summed E-state index contributed by atoms with van der Waals surface area (Å²) in [6, 6.07) is 7.41. The largest absolute Gasteiger partial charge is 0.302 e. The maximum absolute atomic E-state index is 11.3. The van der Waals surface area contributed by atoms with Gasteiger partial charge in [-0.1, -0.05) is 6.07 Å². The average Bonchev–Trinajstić information content (AvgIpc) is 2.40. The molecular formula is C13H13N3OS. The summed E-state index contributed by atoms with van der Waals surface area (Å²) in [4.78, 5) is 24.2. The number of pyridine rings is 1. The maximum atomic E-state index is 11.3. The summed E-state index contributed by atoms with van der Waals surface area (Å²) in [5.41, 5.74) is 1.56. The Bertz CT molecular complexity index is 559. The van der Waals surface area contributed by atoms with Crippen molar-refractivity contribution in [2.75, 3.05) is 6.26 Å². The van der Waals surface area contributed by atoms with Gasteiger partial charge in [-0.3, -0.25) is 4.98 Å². The molecule has 2 rings (SSSR count). The molecule has 1 atom stereocenters. The molecule has 0 amide bonds. The Morgan fingerprint density at radius 2 is 2.11 bits per heavy atom. The van der Waals surface area contributed by atoms with Crippen LogP contribution in [0.4, 0.5) is 0 Å². The molecule has 4 nitrogen and oxygen atoms in total. The van der Waals surface area contributed by atoms with Gasteiger partial charge in [0.05, 0.1) is 10.7 Å². The highest BCUT2D eigenvalue weighted by molar-refractivity contribution is 7.98. The molecule has 0 aromatic carbocycles. The molecule has 2 aromatic rings. The third-order valence-corrected chi connectivity index (χ3v) is 3.15. The van der Waals surface area contributed by atoms with Crippen molar-refractivity contribution in [1.29, 1.82) is 0 Å². The lowest BCUT2D eigenvalue weighted by Crippen LogP contribution is -2.10. The van der Waals surface area contributed by atoms with E-state index in [1.165, 1.54) is 11.8 Å². The molecule has 2 aromatic heterocycles. The van der Waals surface area contributed by atoms with Crippen LogP contribution in [-0.4, -0.2) is 27.5 Å². The van der Waals surface area contributed by atoms with E-state index in [9.17, 15) is 4.79 Å². The summed E-state index contributed by atoms with van der Waals surface area (Å²) < 4.78 is 0. The fraction of sp³-hybridized carbons (Fsp3) is 0.231. The number of aryl methyl sites for hydroxylation is 1. The highest BCUT2D eigenvalue weighted by Gasteiger charge is 2.18. The monoisotopic (exact) mass is 259 g/mol. The number of thioether (sulfide) groups is 1. The van der Waals surface area contributed by atoms with E-state index in [1.54, 1.807) is 6.20 Å². The fourth-order valence-corrected chi connectivity index (χ4v) is 2.00. The lowest BCUT2D eigenvalue weighted by Gasteiger charge is -2.09. The molecule has 0 spiro atoms. The van der Waals surface area contributed by atoms with Crippen molar-refractivity contribution in [1.82, 2.24) is 15.0 Å². The van der Waals surface area contributed by atoms with Gasteiger partial charge in [-0.15, -0.1) is 11.8 Å². The van der Waals surface area contributed by atoms with Crippen molar-refractivity contribution in [3.8, 4) is 0 Å². The first-order chi connectivity index (χ1) is 8.74. The molecule has 2 heterocycles. The van der Waals surface area contributed by atoms with Crippen LogP contribution >= 0.6 is 11.8 Å². The van der Waals surface area contributed by atoms with E-state index in [1.807, 2.05) is 37.4 Å². The standard InChI is InChI=1S/C13H13N3OS/c1-9-4-3-5-11(15-9)10(8-17)13-14-7-6-12(16-13)18-2/h3-8,10H,1-2H3. The predicted molar refractivity (Wildman–Crippen MR) is 70.7 cm³/mol. The number of hydrogen-bond acceptors (Lipinski definition) is 5. The van der Waals surface area contributed by atoms with E-state index in [-0.39, 0.29) is 0 Å². The third kappa shape index (κ3) is 2.73. The van der Waals surface area contributed by atoms with Gasteiger partial charge in [0.15, 0.2) is 0 Å². The van der Waals surface area contributed by atoms with Crippen molar-refractivity contribution in [3.05, 3.63) is 47.7 Å². The molecule has 0 saturated carbocycles. The number of aromatic nitrogens is 3. The van der Waals surface area contributed by atoms with Gasteiger partial charge < -0.3 is 4.79 Å². The Kier molecular flexibility index (Phi) is 4.04. The van der Waals surface area contributed by atoms with Gasteiger partial charge in [0.2, 0.25) is 0 Å². The molecule has 0 fully saturated rings. The van der Waals surface area contributed by atoms with Gasteiger partial charge in [0.25, 0.3) is 0 Å². The molecule has 0 N–H and O–H groups in total. The number of nitrogens with zero attached hydrogens (tertiary/aromatic N) is 3. The van der Waals surface area contributed by atoms with Crippen LogP contribution in [0.2, 0.25) is 0 Å². The van der Waals surface area contributed by atoms with Gasteiger partial charge in [0, 0.05) is 11.9 Å². The quantitative estimate of drug-likeness (QED) is 0.479. The van der Waals surface area contributed by atoms with Crippen molar-refractivity contribution in [2.45, 2.75) is 17.9 Å². The fourth-order valence-electron chi connectivity index (χ4n) is 1.62. The van der Waals surface area contributed by atoms with Crippen LogP contribution in [0.3, 0.4) is 0 Å². The second-order valence-electron chi connectivity index (χ2n) is 3.77. The lowest BCUT2D eigenvalue weighted by atomic mass is 10.1. The molecule has 0 aliphatic rings. The molecule has 0 aliphatic heterocycles. The Morgan fingerprint density at radius 1 is 1.28 bits per heavy atom. The summed E-state index contributed by atoms with van der Waals surface area (Å²) in [5, 5.41) is 0.847. The second-order valence-corrected chi connectivity index (χ2v) is 4.60. The van der Waals surface area contributed by atoms with Crippen LogP contribution in [0.5, 0.6) is 0 Å². The molecule has 5 heteroatoms. The minimum atomic E-state index is -0.503. The number of hydrogen-bond donors (Lipinski definition) is 0. The minimum Gasteiger partial charge on any atom is -0.302 e. The molecule has 0 bridgehead atoms. The topological polar surface area (TPSA) is 55.7 Å². The molecule has 0 radical (unpaired) electrons. The zero-order chi connectivity index (χ0) is 13.0. The Balaban J connectivity index is 2.41. The zero-order valence-corrected chi connectivity index (χ0v) is 11.0. The number of carbonyl (C=O) groups is 1. The summed E-state index contributed by atoms with van der Waals surface area (Å²) in [6.07, 6.45) is 4.44. The van der Waals surface area contributed by atoms with Crippen LogP contribution in [0.15, 0.2) is 35.5 Å². The Labute approximate surface area is 110 Å². The van der Waals surface area contributed by atoms with E-state index in [0.29, 0.717) is 11.5 Å². The first-order valence-corrected chi connectivity index (χ1v) is 6.73. The van der Waals surface area contributed by atoms with Crippen LogP contribution in [0, 0.1) is 6.92 Å². The van der Waals surface area contributed by atoms with E-state index in [4.69, 9.17) is 0 Å². The lowest BCUT2D eigenvalue weighted by molar-refractivity contribution is -0.108. The SMILES string of the molecule is CSc1ccnc(C(C=O)c2cccc(C)n2)n1. The summed E-state index contributed by atoms with van der Waals surface area (Å²) in [7, 11) is 0. The predicted octanol–water partition coefficient (Wildman–Crippen LogP) is 2.23. The summed E-state index contributed by atoms with van der Waals surface area (Å²) >= 11 is 1.52. The highest BCUT2D eigenvalue weighted by atomic mass is 32.2. The van der Waals surface area contributed by atoms with Crippen molar-refractivity contribution < 1.29 is 4.79 Å². The molecule has 0 aliphatic carbocycles. The van der Waals surface area contributed by atoms with E-state index >= 15 is 0 Å². The van der Waals surface area contributed by atoms with Crippen molar-refractivity contribution >= 4 is 18.0 Å². The summed E-state index contributed by atoms with van der Waals surface area (Å²) in [5.74, 6) is -0.00745. The highest BCUT2D eigenvalue weighted by Crippen LogP contribution is 2.20. The van der Waals surface area contributed by atoms with Crippen LogP contribution in [0.1, 0.15) is 23.1 Å². The number of carbonyl (C=O) groups excluding carboxylic acids is 1. The van der Waals surface area contributed by atoms with Crippen LogP contribution < -0.4 is 0 Å². The molecule has 0 saturated heterocycles. The smallest absolute Gasteiger partial charge is 0.145 e. The number of aldehydes is 1. The van der Waals surface area contributed by atoms with Crippen LogP contribution in [-0.2, 0) is 4.79 Å². The first kappa shape index (κ1) is 12.7. The van der Waals surface area contributed by atoms with Gasteiger partial charge in [-0.2, -0.15) is 0 Å². The summed E-state index contributed by atoms with van der Waals surface area (Å²) in [6.45, 7) is 1.89. The zero-order valence-electron chi connectivity index (χ0n) is 10.2. The third-order valence-electron chi connectivity index (χ3n) is 2.50. The first-order valence-electron chi connectivity index (χ1n) is 5.50. The van der Waals surface area contributed by atoms with E-state index in [2.05, 4.69) is 15.0 Å². The molecule has 92 valence electrons. The van der Waals surface area contributed by atoms with Gasteiger partial charge in [-0.05, 0) is 31.4 Å². The van der Waals surface area contributed by atoms with Gasteiger partial charge in [0.1, 0.15) is 18.0 Å². The molecular weight excluding hydrogens is 246 g/mol. The Hall–Kier alpha value is -1.75. The maximum Gasteiger partial charge on any atom is 0.145 e. The van der Waals surface area contributed by atoms with Crippen molar-refractivity contribution in [2.24, 2.45) is 0 Å². The van der Waals surface area contributed by atoms with E-state index in [0.717, 1.165) is 17.0 Å². The average molecular weight is 259 g/mol. The van der Waals surface area contributed by atoms with Crippen LogP contribution in [0.25, 0.3) is 0 Å².